The van der Waals surface area contributed by atoms with E-state index in [-0.39, 0.29) is 11.6 Å². The van der Waals surface area contributed by atoms with Crippen LogP contribution in [0.4, 0.5) is 14.5 Å². The lowest BCUT2D eigenvalue weighted by Crippen LogP contribution is -2.09. The Morgan fingerprint density at radius 3 is 2.58 bits per heavy atom. The van der Waals surface area contributed by atoms with Crippen molar-refractivity contribution < 1.29 is 8.78 Å². The summed E-state index contributed by atoms with van der Waals surface area (Å²) in [5.41, 5.74) is 1.02. The lowest BCUT2D eigenvalue weighted by Gasteiger charge is -2.17. The van der Waals surface area contributed by atoms with Crippen molar-refractivity contribution in [2.24, 2.45) is 0 Å². The number of anilines is 1. The van der Waals surface area contributed by atoms with Crippen molar-refractivity contribution in [1.29, 1.82) is 0 Å². The van der Waals surface area contributed by atoms with Crippen LogP contribution in [0.15, 0.2) is 40.9 Å². The highest BCUT2D eigenvalue weighted by Crippen LogP contribution is 2.28. The molecule has 2 aromatic rings. The van der Waals surface area contributed by atoms with Gasteiger partial charge in [0, 0.05) is 15.7 Å². The van der Waals surface area contributed by atoms with Crippen LogP contribution in [0.1, 0.15) is 18.5 Å². The van der Waals surface area contributed by atoms with Crippen LogP contribution in [-0.4, -0.2) is 0 Å². The molecule has 0 heterocycles. The lowest BCUT2D eigenvalue weighted by atomic mass is 10.1. The summed E-state index contributed by atoms with van der Waals surface area (Å²) in [5.74, 6) is -0.900. The summed E-state index contributed by atoms with van der Waals surface area (Å²) < 4.78 is 27.5. The Bertz CT molecular complexity index is 604. The second kappa shape index (κ2) is 5.88. The molecule has 0 saturated heterocycles. The van der Waals surface area contributed by atoms with Crippen LogP contribution in [0.5, 0.6) is 0 Å². The van der Waals surface area contributed by atoms with Crippen molar-refractivity contribution in [1.82, 2.24) is 0 Å². The molecule has 0 bridgehead atoms. The zero-order chi connectivity index (χ0) is 14.0. The first kappa shape index (κ1) is 14.3. The summed E-state index contributed by atoms with van der Waals surface area (Å²) in [4.78, 5) is 0. The second-order valence-electron chi connectivity index (χ2n) is 4.16. The predicted octanol–water partition coefficient (Wildman–Crippen LogP) is 5.55. The minimum Gasteiger partial charge on any atom is -0.378 e. The van der Waals surface area contributed by atoms with Gasteiger partial charge < -0.3 is 5.32 Å². The van der Waals surface area contributed by atoms with E-state index in [0.717, 1.165) is 22.3 Å². The molecule has 0 saturated carbocycles. The van der Waals surface area contributed by atoms with Gasteiger partial charge >= 0.3 is 0 Å². The average molecular weight is 347 g/mol. The van der Waals surface area contributed by atoms with Crippen LogP contribution >= 0.6 is 27.5 Å². The first-order chi connectivity index (χ1) is 8.97. The van der Waals surface area contributed by atoms with Gasteiger partial charge in [0.05, 0.1) is 11.1 Å². The number of hydrogen-bond donors (Lipinski definition) is 1. The van der Waals surface area contributed by atoms with Crippen LogP contribution in [0, 0.1) is 11.6 Å². The number of benzene rings is 2. The first-order valence-corrected chi connectivity index (χ1v) is 6.81. The topological polar surface area (TPSA) is 12.0 Å². The van der Waals surface area contributed by atoms with Gasteiger partial charge in [0.25, 0.3) is 0 Å². The van der Waals surface area contributed by atoms with Crippen molar-refractivity contribution in [2.75, 3.05) is 5.32 Å². The molecule has 1 atom stereocenters. The maximum absolute atomic E-state index is 13.6. The quantitative estimate of drug-likeness (QED) is 0.768. The van der Waals surface area contributed by atoms with Crippen LogP contribution in [0.2, 0.25) is 5.02 Å². The van der Waals surface area contributed by atoms with Crippen LogP contribution < -0.4 is 5.32 Å². The fourth-order valence-corrected chi connectivity index (χ4v) is 2.19. The number of rotatable bonds is 3. The van der Waals surface area contributed by atoms with Gasteiger partial charge in [-0.05, 0) is 59.3 Å². The second-order valence-corrected chi connectivity index (χ2v) is 5.42. The minimum absolute atomic E-state index is 0.277. The van der Waals surface area contributed by atoms with E-state index in [9.17, 15) is 8.78 Å². The highest BCUT2D eigenvalue weighted by Gasteiger charge is 2.12. The largest absolute Gasteiger partial charge is 0.378 e. The van der Waals surface area contributed by atoms with Crippen LogP contribution in [-0.2, 0) is 0 Å². The number of hydrogen-bond acceptors (Lipinski definition) is 1. The van der Waals surface area contributed by atoms with Gasteiger partial charge in [0.1, 0.15) is 11.6 Å². The molecule has 1 unspecified atom stereocenters. The third-order valence-corrected chi connectivity index (χ3v) is 3.96. The first-order valence-electron chi connectivity index (χ1n) is 5.64. The van der Waals surface area contributed by atoms with Crippen molar-refractivity contribution in [3.63, 3.8) is 0 Å². The Morgan fingerprint density at radius 2 is 1.89 bits per heavy atom. The smallest absolute Gasteiger partial charge is 0.128 e. The minimum atomic E-state index is -0.459. The lowest BCUT2D eigenvalue weighted by molar-refractivity contribution is 0.577. The normalized spacial score (nSPS) is 12.3. The van der Waals surface area contributed by atoms with E-state index in [1.807, 2.05) is 6.07 Å². The van der Waals surface area contributed by atoms with E-state index in [4.69, 9.17) is 11.6 Å². The van der Waals surface area contributed by atoms with Crippen molar-refractivity contribution in [3.8, 4) is 0 Å². The van der Waals surface area contributed by atoms with Gasteiger partial charge in [-0.3, -0.25) is 0 Å². The zero-order valence-electron chi connectivity index (χ0n) is 10.1. The molecule has 0 aliphatic rings. The molecule has 1 nitrogen and oxygen atoms in total. The SMILES string of the molecule is CC(Nc1ccc(Br)c(Cl)c1)c1cc(F)ccc1F. The highest BCUT2D eigenvalue weighted by atomic mass is 79.9. The van der Waals surface area contributed by atoms with Crippen LogP contribution in [0.25, 0.3) is 0 Å². The Morgan fingerprint density at radius 1 is 1.16 bits per heavy atom. The van der Waals surface area contributed by atoms with Gasteiger partial charge in [0.15, 0.2) is 0 Å². The van der Waals surface area contributed by atoms with Crippen molar-refractivity contribution >= 4 is 33.2 Å². The molecule has 0 aromatic heterocycles. The van der Waals surface area contributed by atoms with Gasteiger partial charge in [-0.15, -0.1) is 0 Å². The summed E-state index contributed by atoms with van der Waals surface area (Å²) in [6.07, 6.45) is 0. The molecule has 100 valence electrons. The van der Waals surface area contributed by atoms with Gasteiger partial charge in [0.2, 0.25) is 0 Å². The summed E-state index contributed by atoms with van der Waals surface area (Å²) in [5, 5.41) is 3.64. The van der Waals surface area contributed by atoms with Gasteiger partial charge in [-0.1, -0.05) is 11.6 Å². The molecule has 0 aliphatic heterocycles. The molecular formula is C14H11BrClF2N. The molecular weight excluding hydrogens is 336 g/mol. The zero-order valence-corrected chi connectivity index (χ0v) is 12.4. The summed E-state index contributed by atoms with van der Waals surface area (Å²) in [6.45, 7) is 1.76. The van der Waals surface area contributed by atoms with E-state index in [1.165, 1.54) is 6.07 Å². The molecule has 19 heavy (non-hydrogen) atoms. The molecule has 0 spiro atoms. The maximum atomic E-state index is 13.6. The van der Waals surface area contributed by atoms with Gasteiger partial charge in [-0.2, -0.15) is 0 Å². The maximum Gasteiger partial charge on any atom is 0.128 e. The Hall–Kier alpha value is -1.13. The molecule has 2 aromatic carbocycles. The third-order valence-electron chi connectivity index (χ3n) is 2.73. The summed E-state index contributed by atoms with van der Waals surface area (Å²) >= 11 is 9.27. The molecule has 0 radical (unpaired) electrons. The van der Waals surface area contributed by atoms with E-state index in [1.54, 1.807) is 19.1 Å². The summed E-state index contributed by atoms with van der Waals surface area (Å²) in [6, 6.07) is 8.36. The van der Waals surface area contributed by atoms with Crippen LogP contribution in [0.3, 0.4) is 0 Å². The predicted molar refractivity (Wildman–Crippen MR) is 77.5 cm³/mol. The standard InChI is InChI=1S/C14H11BrClF2N/c1-8(11-6-9(17)2-5-14(11)18)19-10-3-4-12(15)13(16)7-10/h2-8,19H,1H3. The fourth-order valence-electron chi connectivity index (χ4n) is 1.76. The van der Waals surface area contributed by atoms with E-state index < -0.39 is 11.6 Å². The number of halogens is 4. The average Bonchev–Trinajstić information content (AvgIpc) is 2.36. The van der Waals surface area contributed by atoms with E-state index in [2.05, 4.69) is 21.2 Å². The Labute approximate surface area is 123 Å². The third kappa shape index (κ3) is 3.45. The fraction of sp³-hybridized carbons (Fsp3) is 0.143. The number of nitrogens with one attached hydrogen (secondary N) is 1. The molecule has 2 rings (SSSR count). The monoisotopic (exact) mass is 345 g/mol. The van der Waals surface area contributed by atoms with Crippen molar-refractivity contribution in [2.45, 2.75) is 13.0 Å². The Kier molecular flexibility index (Phi) is 4.42. The van der Waals surface area contributed by atoms with E-state index in [0.29, 0.717) is 5.02 Å². The molecule has 0 amide bonds. The molecule has 0 aliphatic carbocycles. The molecule has 1 N–H and O–H groups in total. The van der Waals surface area contributed by atoms with E-state index >= 15 is 0 Å². The Balaban J connectivity index is 2.22. The highest BCUT2D eigenvalue weighted by molar-refractivity contribution is 9.10. The van der Waals surface area contributed by atoms with Gasteiger partial charge in [-0.25, -0.2) is 8.78 Å². The molecule has 5 heteroatoms. The summed E-state index contributed by atoms with van der Waals surface area (Å²) in [7, 11) is 0. The molecule has 0 fully saturated rings. The van der Waals surface area contributed by atoms with Crippen molar-refractivity contribution in [3.05, 3.63) is 63.1 Å².